The van der Waals surface area contributed by atoms with Crippen LogP contribution >= 0.6 is 0 Å². The highest BCUT2D eigenvalue weighted by molar-refractivity contribution is 5.83. The van der Waals surface area contributed by atoms with E-state index in [4.69, 9.17) is 10.5 Å². The molecule has 1 aliphatic rings. The molecule has 0 bridgehead atoms. The SMILES string of the molecule is COc1ccc(CNc2nc(NC3CCCCC3N)nc3c2nnn3C)c(O)c1O. The molecule has 1 aromatic carbocycles. The maximum atomic E-state index is 10.2. The summed E-state index contributed by atoms with van der Waals surface area (Å²) in [5.41, 5.74) is 7.81. The molecule has 2 aromatic heterocycles. The first-order valence-corrected chi connectivity index (χ1v) is 9.89. The van der Waals surface area contributed by atoms with Crippen molar-refractivity contribution in [3.63, 3.8) is 0 Å². The number of nitrogens with one attached hydrogen (secondary N) is 2. The van der Waals surface area contributed by atoms with Crippen molar-refractivity contribution in [2.45, 2.75) is 44.3 Å². The molecule has 0 radical (unpaired) electrons. The number of benzene rings is 1. The van der Waals surface area contributed by atoms with E-state index in [0.29, 0.717) is 28.5 Å². The number of hydrogen-bond acceptors (Lipinski definition) is 10. The van der Waals surface area contributed by atoms with Crippen LogP contribution in [0.3, 0.4) is 0 Å². The Kier molecular flexibility index (Phi) is 5.44. The Hall–Kier alpha value is -3.34. The van der Waals surface area contributed by atoms with Crippen LogP contribution in [0.25, 0.3) is 11.2 Å². The molecule has 0 spiro atoms. The molecule has 11 heteroatoms. The van der Waals surface area contributed by atoms with Gasteiger partial charge in [-0.25, -0.2) is 4.68 Å². The number of rotatable bonds is 6. The average Bonchev–Trinajstić information content (AvgIpc) is 3.12. The normalized spacial score (nSPS) is 19.0. The number of ether oxygens (including phenoxy) is 1. The Labute approximate surface area is 173 Å². The molecular formula is C19H26N8O3. The number of aromatic nitrogens is 5. The van der Waals surface area contributed by atoms with E-state index in [1.54, 1.807) is 23.9 Å². The third-order valence-corrected chi connectivity index (χ3v) is 5.45. The maximum absolute atomic E-state index is 10.2. The molecular weight excluding hydrogens is 388 g/mol. The zero-order chi connectivity index (χ0) is 21.3. The lowest BCUT2D eigenvalue weighted by Crippen LogP contribution is -2.43. The van der Waals surface area contributed by atoms with Crippen LogP contribution in [0.15, 0.2) is 12.1 Å². The number of nitrogens with zero attached hydrogens (tertiary/aromatic N) is 5. The van der Waals surface area contributed by atoms with Crippen LogP contribution in [-0.2, 0) is 13.6 Å². The molecule has 30 heavy (non-hydrogen) atoms. The number of fused-ring (bicyclic) bond motifs is 1. The van der Waals surface area contributed by atoms with E-state index in [9.17, 15) is 10.2 Å². The number of methoxy groups -OCH3 is 1. The lowest BCUT2D eigenvalue weighted by molar-refractivity contribution is 0.349. The topological polar surface area (TPSA) is 156 Å². The molecule has 0 aliphatic heterocycles. The smallest absolute Gasteiger partial charge is 0.227 e. The predicted octanol–water partition coefficient (Wildman–Crippen LogP) is 1.47. The molecule has 11 nitrogen and oxygen atoms in total. The first kappa shape index (κ1) is 20.0. The largest absolute Gasteiger partial charge is 0.504 e. The van der Waals surface area contributed by atoms with E-state index < -0.39 is 0 Å². The number of nitrogens with two attached hydrogens (primary N) is 1. The van der Waals surface area contributed by atoms with E-state index in [2.05, 4.69) is 30.9 Å². The highest BCUT2D eigenvalue weighted by atomic mass is 16.5. The summed E-state index contributed by atoms with van der Waals surface area (Å²) in [5.74, 6) is 0.551. The van der Waals surface area contributed by atoms with Crippen molar-refractivity contribution < 1.29 is 14.9 Å². The fourth-order valence-corrected chi connectivity index (χ4v) is 3.70. The molecule has 2 heterocycles. The number of aromatic hydroxyl groups is 2. The zero-order valence-corrected chi connectivity index (χ0v) is 17.0. The number of aryl methyl sites for hydroxylation is 1. The van der Waals surface area contributed by atoms with Crippen molar-refractivity contribution in [2.24, 2.45) is 12.8 Å². The number of phenols is 2. The van der Waals surface area contributed by atoms with Gasteiger partial charge in [-0.05, 0) is 25.0 Å². The van der Waals surface area contributed by atoms with Crippen LogP contribution in [0.5, 0.6) is 17.2 Å². The van der Waals surface area contributed by atoms with Gasteiger partial charge in [-0.15, -0.1) is 5.10 Å². The van der Waals surface area contributed by atoms with Gasteiger partial charge in [-0.3, -0.25) is 0 Å². The van der Waals surface area contributed by atoms with E-state index in [-0.39, 0.29) is 35.9 Å². The van der Waals surface area contributed by atoms with Crippen LogP contribution in [-0.4, -0.2) is 54.4 Å². The lowest BCUT2D eigenvalue weighted by Gasteiger charge is -2.29. The monoisotopic (exact) mass is 414 g/mol. The quantitative estimate of drug-likeness (QED) is 0.374. The van der Waals surface area contributed by atoms with Crippen LogP contribution in [0.4, 0.5) is 11.8 Å². The van der Waals surface area contributed by atoms with Gasteiger partial charge in [0, 0.05) is 31.2 Å². The van der Waals surface area contributed by atoms with Crippen LogP contribution in [0, 0.1) is 0 Å². The first-order valence-electron chi connectivity index (χ1n) is 9.89. The minimum absolute atomic E-state index is 0.0540. The van der Waals surface area contributed by atoms with Crippen molar-refractivity contribution in [3.05, 3.63) is 17.7 Å². The minimum atomic E-state index is -0.308. The summed E-state index contributed by atoms with van der Waals surface area (Å²) in [7, 11) is 3.18. The Balaban J connectivity index is 1.61. The molecule has 1 fully saturated rings. The van der Waals surface area contributed by atoms with Gasteiger partial charge in [0.2, 0.25) is 11.7 Å². The Morgan fingerprint density at radius 1 is 1.20 bits per heavy atom. The van der Waals surface area contributed by atoms with Gasteiger partial charge < -0.3 is 31.3 Å². The molecule has 1 saturated carbocycles. The summed E-state index contributed by atoms with van der Waals surface area (Å²) in [6.07, 6.45) is 4.19. The Morgan fingerprint density at radius 3 is 2.77 bits per heavy atom. The third kappa shape index (κ3) is 3.75. The number of phenolic OH excluding ortho intramolecular Hbond substituents is 2. The van der Waals surface area contributed by atoms with Crippen molar-refractivity contribution in [3.8, 4) is 17.2 Å². The summed E-state index contributed by atoms with van der Waals surface area (Å²) in [6.45, 7) is 0.203. The summed E-state index contributed by atoms with van der Waals surface area (Å²) in [5, 5.41) is 35.0. The highest BCUT2D eigenvalue weighted by Crippen LogP contribution is 2.38. The molecule has 3 aromatic rings. The van der Waals surface area contributed by atoms with Gasteiger partial charge in [0.05, 0.1) is 7.11 Å². The van der Waals surface area contributed by atoms with Crippen molar-refractivity contribution in [1.29, 1.82) is 0 Å². The number of hydrogen-bond donors (Lipinski definition) is 5. The van der Waals surface area contributed by atoms with Crippen molar-refractivity contribution in [2.75, 3.05) is 17.7 Å². The standard InChI is InChI=1S/C19H26N8O3/c1-27-18-14(25-26-27)17(21-9-10-7-8-13(30-2)16(29)15(10)28)23-19(24-18)22-12-6-4-3-5-11(12)20/h7-8,11-12,28-29H,3-6,9,20H2,1-2H3,(H2,21,22,23,24). The van der Waals surface area contributed by atoms with Gasteiger partial charge in [-0.2, -0.15) is 9.97 Å². The van der Waals surface area contributed by atoms with Crippen molar-refractivity contribution in [1.82, 2.24) is 25.0 Å². The van der Waals surface area contributed by atoms with E-state index in [1.165, 1.54) is 7.11 Å². The van der Waals surface area contributed by atoms with Gasteiger partial charge in [-0.1, -0.05) is 18.1 Å². The second-order valence-electron chi connectivity index (χ2n) is 7.46. The highest BCUT2D eigenvalue weighted by Gasteiger charge is 2.23. The van der Waals surface area contributed by atoms with Crippen LogP contribution in [0.2, 0.25) is 0 Å². The molecule has 160 valence electrons. The molecule has 0 amide bonds. The van der Waals surface area contributed by atoms with E-state index in [0.717, 1.165) is 25.7 Å². The fourth-order valence-electron chi connectivity index (χ4n) is 3.70. The Bertz CT molecular complexity index is 1050. The summed E-state index contributed by atoms with van der Waals surface area (Å²) >= 11 is 0. The van der Waals surface area contributed by atoms with Gasteiger partial charge in [0.15, 0.2) is 28.5 Å². The van der Waals surface area contributed by atoms with Gasteiger partial charge in [0.1, 0.15) is 0 Å². The van der Waals surface area contributed by atoms with Gasteiger partial charge in [0.25, 0.3) is 0 Å². The van der Waals surface area contributed by atoms with E-state index in [1.807, 2.05) is 0 Å². The molecule has 1 aliphatic carbocycles. The molecule has 4 rings (SSSR count). The van der Waals surface area contributed by atoms with Crippen LogP contribution < -0.4 is 21.1 Å². The lowest BCUT2D eigenvalue weighted by atomic mass is 9.91. The molecule has 0 saturated heterocycles. The van der Waals surface area contributed by atoms with E-state index >= 15 is 0 Å². The fraction of sp³-hybridized carbons (Fsp3) is 0.474. The van der Waals surface area contributed by atoms with Crippen LogP contribution in [0.1, 0.15) is 31.2 Å². The maximum Gasteiger partial charge on any atom is 0.227 e. The summed E-state index contributed by atoms with van der Waals surface area (Å²) < 4.78 is 6.58. The second kappa shape index (κ2) is 8.19. The van der Waals surface area contributed by atoms with Gasteiger partial charge >= 0.3 is 0 Å². The second-order valence-corrected chi connectivity index (χ2v) is 7.46. The molecule has 2 unspecified atom stereocenters. The predicted molar refractivity (Wildman–Crippen MR) is 112 cm³/mol. The third-order valence-electron chi connectivity index (χ3n) is 5.45. The Morgan fingerprint density at radius 2 is 2.00 bits per heavy atom. The minimum Gasteiger partial charge on any atom is -0.504 e. The molecule has 2 atom stereocenters. The first-order chi connectivity index (χ1) is 14.5. The summed E-state index contributed by atoms with van der Waals surface area (Å²) in [6, 6.07) is 3.41. The average molecular weight is 414 g/mol. The van der Waals surface area contributed by atoms with Crippen molar-refractivity contribution >= 4 is 22.9 Å². The number of anilines is 2. The summed E-state index contributed by atoms with van der Waals surface area (Å²) in [4.78, 5) is 9.12. The zero-order valence-electron chi connectivity index (χ0n) is 17.0. The molecule has 6 N–H and O–H groups in total.